The number of aromatic nitrogens is 2. The number of methoxy groups -OCH3 is 1. The van der Waals surface area contributed by atoms with Crippen molar-refractivity contribution in [2.75, 3.05) is 7.11 Å². The van der Waals surface area contributed by atoms with Gasteiger partial charge in [0.2, 0.25) is 0 Å². The van der Waals surface area contributed by atoms with E-state index < -0.39 is 0 Å². The van der Waals surface area contributed by atoms with Crippen LogP contribution in [0.15, 0.2) is 24.4 Å². The molecule has 1 aromatic carbocycles. The van der Waals surface area contributed by atoms with E-state index in [1.807, 2.05) is 32.0 Å². The lowest BCUT2D eigenvalue weighted by molar-refractivity contribution is 0.415. The molecule has 0 atom stereocenters. The first-order valence-electron chi connectivity index (χ1n) is 5.26. The molecular weight excluding hydrogens is 236 g/mol. The second kappa shape index (κ2) is 4.72. The molecule has 2 aromatic rings. The third kappa shape index (κ3) is 2.39. The Balaban J connectivity index is 2.56. The molecule has 2 rings (SSSR count). The first kappa shape index (κ1) is 11.9. The van der Waals surface area contributed by atoms with E-state index in [9.17, 15) is 0 Å². The Labute approximate surface area is 105 Å². The van der Waals surface area contributed by atoms with Gasteiger partial charge in [-0.25, -0.2) is 9.97 Å². The van der Waals surface area contributed by atoms with Crippen molar-refractivity contribution < 1.29 is 4.74 Å². The summed E-state index contributed by atoms with van der Waals surface area (Å²) in [6.45, 7) is 3.87. The van der Waals surface area contributed by atoms with Gasteiger partial charge in [-0.3, -0.25) is 0 Å². The predicted molar refractivity (Wildman–Crippen MR) is 68.5 cm³/mol. The maximum Gasteiger partial charge on any atom is 0.137 e. The Kier molecular flexibility index (Phi) is 3.29. The molecule has 0 aliphatic rings. The van der Waals surface area contributed by atoms with Gasteiger partial charge in [-0.15, -0.1) is 0 Å². The molecule has 0 fully saturated rings. The molecule has 1 heterocycles. The van der Waals surface area contributed by atoms with Crippen LogP contribution in [0.25, 0.3) is 11.3 Å². The fourth-order valence-corrected chi connectivity index (χ4v) is 1.93. The summed E-state index contributed by atoms with van der Waals surface area (Å²) in [5, 5.41) is 0.587. The van der Waals surface area contributed by atoms with Gasteiger partial charge in [0.15, 0.2) is 0 Å². The lowest BCUT2D eigenvalue weighted by atomic mass is 10.1. The van der Waals surface area contributed by atoms with Gasteiger partial charge in [0.1, 0.15) is 11.6 Å². The van der Waals surface area contributed by atoms with Crippen molar-refractivity contribution in [1.29, 1.82) is 0 Å². The molecular formula is C13H13ClN2O. The van der Waals surface area contributed by atoms with Crippen molar-refractivity contribution in [2.24, 2.45) is 0 Å². The summed E-state index contributed by atoms with van der Waals surface area (Å²) in [6, 6.07) is 5.66. The molecule has 1 aromatic heterocycles. The minimum absolute atomic E-state index is 0.587. The Morgan fingerprint density at radius 2 is 2.00 bits per heavy atom. The molecule has 0 saturated heterocycles. The van der Waals surface area contributed by atoms with Crippen LogP contribution < -0.4 is 4.74 Å². The molecule has 88 valence electrons. The molecule has 4 heteroatoms. The normalized spacial score (nSPS) is 10.4. The third-order valence-corrected chi connectivity index (χ3v) is 2.85. The highest BCUT2D eigenvalue weighted by Crippen LogP contribution is 2.32. The minimum atomic E-state index is 0.587. The van der Waals surface area contributed by atoms with Gasteiger partial charge in [0.05, 0.1) is 17.8 Å². The van der Waals surface area contributed by atoms with Gasteiger partial charge < -0.3 is 4.74 Å². The standard InChI is InChI=1S/C13H13ClN2O/c1-8-6-13(17-3)11(14)7-10(8)12-4-5-15-9(2)16-12/h4-7H,1-3H3. The molecule has 0 unspecified atom stereocenters. The van der Waals surface area contributed by atoms with E-state index in [-0.39, 0.29) is 0 Å². The number of aryl methyl sites for hydroxylation is 2. The maximum atomic E-state index is 6.12. The van der Waals surface area contributed by atoms with Crippen LogP contribution in [0.3, 0.4) is 0 Å². The van der Waals surface area contributed by atoms with E-state index in [1.54, 1.807) is 13.3 Å². The number of ether oxygens (including phenoxy) is 1. The SMILES string of the molecule is COc1cc(C)c(-c2ccnc(C)n2)cc1Cl. The monoisotopic (exact) mass is 248 g/mol. The van der Waals surface area contributed by atoms with Crippen molar-refractivity contribution in [1.82, 2.24) is 9.97 Å². The van der Waals surface area contributed by atoms with Crippen molar-refractivity contribution in [2.45, 2.75) is 13.8 Å². The zero-order chi connectivity index (χ0) is 12.4. The second-order valence-electron chi connectivity index (χ2n) is 3.79. The quantitative estimate of drug-likeness (QED) is 0.817. The zero-order valence-electron chi connectivity index (χ0n) is 9.99. The van der Waals surface area contributed by atoms with Gasteiger partial charge in [-0.1, -0.05) is 11.6 Å². The van der Waals surface area contributed by atoms with E-state index in [0.29, 0.717) is 10.8 Å². The molecule has 17 heavy (non-hydrogen) atoms. The largest absolute Gasteiger partial charge is 0.495 e. The fraction of sp³-hybridized carbons (Fsp3) is 0.231. The second-order valence-corrected chi connectivity index (χ2v) is 4.20. The lowest BCUT2D eigenvalue weighted by Crippen LogP contribution is -1.93. The van der Waals surface area contributed by atoms with Crippen LogP contribution in [0.2, 0.25) is 5.02 Å². The van der Waals surface area contributed by atoms with Gasteiger partial charge in [0, 0.05) is 11.8 Å². The zero-order valence-corrected chi connectivity index (χ0v) is 10.7. The van der Waals surface area contributed by atoms with Crippen molar-refractivity contribution in [3.05, 3.63) is 40.8 Å². The van der Waals surface area contributed by atoms with E-state index in [0.717, 1.165) is 22.6 Å². The van der Waals surface area contributed by atoms with E-state index in [1.165, 1.54) is 0 Å². The fourth-order valence-electron chi connectivity index (χ4n) is 1.69. The van der Waals surface area contributed by atoms with Gasteiger partial charge >= 0.3 is 0 Å². The van der Waals surface area contributed by atoms with Crippen LogP contribution in [0.5, 0.6) is 5.75 Å². The Morgan fingerprint density at radius 1 is 1.24 bits per heavy atom. The van der Waals surface area contributed by atoms with Gasteiger partial charge in [-0.2, -0.15) is 0 Å². The number of hydrogen-bond acceptors (Lipinski definition) is 3. The van der Waals surface area contributed by atoms with E-state index in [2.05, 4.69) is 9.97 Å². The molecule has 0 aliphatic heterocycles. The molecule has 0 bridgehead atoms. The van der Waals surface area contributed by atoms with Crippen LogP contribution in [0.4, 0.5) is 0 Å². The average Bonchev–Trinajstić information content (AvgIpc) is 2.31. The number of hydrogen-bond donors (Lipinski definition) is 0. The van der Waals surface area contributed by atoms with Crippen LogP contribution in [-0.4, -0.2) is 17.1 Å². The number of halogens is 1. The molecule has 0 radical (unpaired) electrons. The lowest BCUT2D eigenvalue weighted by Gasteiger charge is -2.09. The summed E-state index contributed by atoms with van der Waals surface area (Å²) in [5.41, 5.74) is 2.95. The third-order valence-electron chi connectivity index (χ3n) is 2.55. The maximum absolute atomic E-state index is 6.12. The summed E-state index contributed by atoms with van der Waals surface area (Å²) in [5.74, 6) is 1.42. The molecule has 0 N–H and O–H groups in total. The molecule has 3 nitrogen and oxygen atoms in total. The number of nitrogens with zero attached hydrogens (tertiary/aromatic N) is 2. The summed E-state index contributed by atoms with van der Waals surface area (Å²) in [4.78, 5) is 8.47. The number of benzene rings is 1. The smallest absolute Gasteiger partial charge is 0.137 e. The van der Waals surface area contributed by atoms with Crippen LogP contribution in [0, 0.1) is 13.8 Å². The summed E-state index contributed by atoms with van der Waals surface area (Å²) in [7, 11) is 1.61. The Bertz CT molecular complexity index is 555. The highest BCUT2D eigenvalue weighted by Gasteiger charge is 2.09. The highest BCUT2D eigenvalue weighted by molar-refractivity contribution is 6.32. The highest BCUT2D eigenvalue weighted by atomic mass is 35.5. The molecule has 0 saturated carbocycles. The van der Waals surface area contributed by atoms with E-state index >= 15 is 0 Å². The van der Waals surface area contributed by atoms with Gasteiger partial charge in [0.25, 0.3) is 0 Å². The summed E-state index contributed by atoms with van der Waals surface area (Å²) in [6.07, 6.45) is 1.75. The Morgan fingerprint density at radius 3 is 2.65 bits per heavy atom. The summed E-state index contributed by atoms with van der Waals surface area (Å²) >= 11 is 6.12. The van der Waals surface area contributed by atoms with E-state index in [4.69, 9.17) is 16.3 Å². The Hall–Kier alpha value is -1.61. The van der Waals surface area contributed by atoms with Crippen molar-refractivity contribution in [3.63, 3.8) is 0 Å². The number of rotatable bonds is 2. The molecule has 0 aliphatic carbocycles. The van der Waals surface area contributed by atoms with Crippen LogP contribution >= 0.6 is 11.6 Å². The van der Waals surface area contributed by atoms with Crippen molar-refractivity contribution >= 4 is 11.6 Å². The van der Waals surface area contributed by atoms with Crippen LogP contribution in [0.1, 0.15) is 11.4 Å². The molecule has 0 spiro atoms. The van der Waals surface area contributed by atoms with Crippen molar-refractivity contribution in [3.8, 4) is 17.0 Å². The molecule has 0 amide bonds. The average molecular weight is 249 g/mol. The van der Waals surface area contributed by atoms with Gasteiger partial charge in [-0.05, 0) is 37.6 Å². The minimum Gasteiger partial charge on any atom is -0.495 e. The predicted octanol–water partition coefficient (Wildman–Crippen LogP) is 3.42. The topological polar surface area (TPSA) is 35.0 Å². The van der Waals surface area contributed by atoms with Crippen LogP contribution in [-0.2, 0) is 0 Å². The first-order valence-corrected chi connectivity index (χ1v) is 5.64. The first-order chi connectivity index (χ1) is 8.11. The summed E-state index contributed by atoms with van der Waals surface area (Å²) < 4.78 is 5.18.